The van der Waals surface area contributed by atoms with Crippen LogP contribution >= 0.6 is 27.5 Å². The first-order valence-corrected chi connectivity index (χ1v) is 6.87. The quantitative estimate of drug-likeness (QED) is 0.892. The van der Waals surface area contributed by atoms with Crippen molar-refractivity contribution in [2.75, 3.05) is 11.4 Å². The van der Waals surface area contributed by atoms with E-state index in [1.807, 2.05) is 0 Å². The largest absolute Gasteiger partial charge is 0.345 e. The van der Waals surface area contributed by atoms with Gasteiger partial charge in [-0.05, 0) is 34.5 Å². The van der Waals surface area contributed by atoms with Crippen LogP contribution in [0.1, 0.15) is 13.3 Å². The van der Waals surface area contributed by atoms with Crippen LogP contribution in [-0.4, -0.2) is 24.4 Å². The molecule has 2 amide bonds. The average molecular weight is 350 g/mol. The fourth-order valence-electron chi connectivity index (χ4n) is 2.07. The number of carbonyl (C=O) groups is 2. The number of benzene rings is 1. The molecule has 0 saturated carbocycles. The van der Waals surface area contributed by atoms with E-state index in [2.05, 4.69) is 21.2 Å². The summed E-state index contributed by atoms with van der Waals surface area (Å²) < 4.78 is 13.6. The minimum Gasteiger partial charge on any atom is -0.345 e. The molecule has 1 saturated heterocycles. The van der Waals surface area contributed by atoms with Crippen LogP contribution in [0.3, 0.4) is 0 Å². The Hall–Kier alpha value is -1.14. The van der Waals surface area contributed by atoms with Crippen molar-refractivity contribution in [3.8, 4) is 0 Å². The number of nitrogens with one attached hydrogen (secondary N) is 1. The molecule has 1 aliphatic heterocycles. The minimum atomic E-state index is -0.638. The molecule has 2 rings (SSSR count). The molecule has 1 unspecified atom stereocenters. The van der Waals surface area contributed by atoms with Crippen molar-refractivity contribution in [1.82, 2.24) is 5.32 Å². The molecule has 102 valence electrons. The standard InChI is InChI=1S/C12H11BrClFN2O2/c1-2-9-12(19)16-5-10(18)17(9)11-7(13)3-6(15)4-8(11)14/h3-4,9H,2,5H2,1H3,(H,16,19). The first-order valence-electron chi connectivity index (χ1n) is 5.70. The van der Waals surface area contributed by atoms with Crippen LogP contribution in [0.4, 0.5) is 10.1 Å². The molecular formula is C12H11BrClFN2O2. The van der Waals surface area contributed by atoms with Crippen LogP contribution in [0.5, 0.6) is 0 Å². The second-order valence-electron chi connectivity index (χ2n) is 4.12. The number of carbonyl (C=O) groups excluding carboxylic acids is 2. The Bertz CT molecular complexity index is 530. The van der Waals surface area contributed by atoms with Gasteiger partial charge in [-0.1, -0.05) is 18.5 Å². The predicted octanol–water partition coefficient (Wildman–Crippen LogP) is 2.48. The molecule has 1 aliphatic rings. The zero-order chi connectivity index (χ0) is 14.2. The molecule has 1 heterocycles. The predicted molar refractivity (Wildman–Crippen MR) is 73.7 cm³/mol. The van der Waals surface area contributed by atoms with E-state index in [1.165, 1.54) is 11.0 Å². The smallest absolute Gasteiger partial charge is 0.247 e. The maximum absolute atomic E-state index is 13.2. The summed E-state index contributed by atoms with van der Waals surface area (Å²) in [4.78, 5) is 25.2. The van der Waals surface area contributed by atoms with E-state index >= 15 is 0 Å². The van der Waals surface area contributed by atoms with Gasteiger partial charge in [0.25, 0.3) is 0 Å². The van der Waals surface area contributed by atoms with Crippen LogP contribution in [0.25, 0.3) is 0 Å². The Morgan fingerprint density at radius 3 is 2.79 bits per heavy atom. The molecule has 1 aromatic rings. The van der Waals surface area contributed by atoms with Gasteiger partial charge in [-0.25, -0.2) is 4.39 Å². The topological polar surface area (TPSA) is 49.4 Å². The first-order chi connectivity index (χ1) is 8.95. The molecule has 1 fully saturated rings. The van der Waals surface area contributed by atoms with Crippen molar-refractivity contribution < 1.29 is 14.0 Å². The summed E-state index contributed by atoms with van der Waals surface area (Å²) in [5.74, 6) is -1.03. The van der Waals surface area contributed by atoms with E-state index < -0.39 is 11.9 Å². The lowest BCUT2D eigenvalue weighted by Gasteiger charge is -2.35. The monoisotopic (exact) mass is 348 g/mol. The number of anilines is 1. The van der Waals surface area contributed by atoms with E-state index in [-0.39, 0.29) is 23.4 Å². The normalized spacial score (nSPS) is 19.6. The van der Waals surface area contributed by atoms with Crippen LogP contribution in [0, 0.1) is 5.82 Å². The molecule has 0 spiro atoms. The highest BCUT2D eigenvalue weighted by Crippen LogP contribution is 2.37. The van der Waals surface area contributed by atoms with Crippen LogP contribution < -0.4 is 10.2 Å². The second kappa shape index (κ2) is 5.46. The van der Waals surface area contributed by atoms with Gasteiger partial charge in [0.2, 0.25) is 11.8 Å². The van der Waals surface area contributed by atoms with Gasteiger partial charge in [-0.15, -0.1) is 0 Å². The third kappa shape index (κ3) is 2.60. The van der Waals surface area contributed by atoms with Gasteiger partial charge in [0.15, 0.2) is 0 Å². The molecule has 1 N–H and O–H groups in total. The van der Waals surface area contributed by atoms with E-state index in [0.29, 0.717) is 16.6 Å². The average Bonchev–Trinajstić information content (AvgIpc) is 2.32. The number of hydrogen-bond donors (Lipinski definition) is 1. The molecule has 4 nitrogen and oxygen atoms in total. The van der Waals surface area contributed by atoms with Crippen molar-refractivity contribution in [1.29, 1.82) is 0 Å². The lowest BCUT2D eigenvalue weighted by Crippen LogP contribution is -2.58. The molecule has 0 bridgehead atoms. The summed E-state index contributed by atoms with van der Waals surface area (Å²) in [6, 6.07) is 1.70. The number of amides is 2. The molecule has 19 heavy (non-hydrogen) atoms. The number of halogens is 3. The number of rotatable bonds is 2. The van der Waals surface area contributed by atoms with Gasteiger partial charge in [0.1, 0.15) is 11.9 Å². The summed E-state index contributed by atoms with van der Waals surface area (Å²) in [5.41, 5.74) is 0.328. The fourth-order valence-corrected chi connectivity index (χ4v) is 3.10. The SMILES string of the molecule is CCC1C(=O)NCC(=O)N1c1c(Cl)cc(F)cc1Br. The van der Waals surface area contributed by atoms with Crippen LogP contribution in [0.15, 0.2) is 16.6 Å². The molecule has 1 aromatic carbocycles. The maximum atomic E-state index is 13.2. The Morgan fingerprint density at radius 1 is 1.53 bits per heavy atom. The van der Waals surface area contributed by atoms with E-state index in [9.17, 15) is 14.0 Å². The number of hydrogen-bond acceptors (Lipinski definition) is 2. The Balaban J connectivity index is 2.54. The summed E-state index contributed by atoms with van der Waals surface area (Å²) in [6.45, 7) is 1.71. The summed E-state index contributed by atoms with van der Waals surface area (Å²) in [6.07, 6.45) is 0.442. The zero-order valence-electron chi connectivity index (χ0n) is 10.0. The van der Waals surface area contributed by atoms with Crippen molar-refractivity contribution >= 4 is 45.0 Å². The van der Waals surface area contributed by atoms with E-state index in [0.717, 1.165) is 6.07 Å². The summed E-state index contributed by atoms with van der Waals surface area (Å²) in [5, 5.41) is 2.61. The molecule has 0 aliphatic carbocycles. The third-order valence-corrected chi connectivity index (χ3v) is 3.80. The van der Waals surface area contributed by atoms with Gasteiger partial charge in [-0.2, -0.15) is 0 Å². The molecule has 0 radical (unpaired) electrons. The number of nitrogens with zero attached hydrogens (tertiary/aromatic N) is 1. The molecule has 1 atom stereocenters. The fraction of sp³-hybridized carbons (Fsp3) is 0.333. The molecule has 7 heteroatoms. The Morgan fingerprint density at radius 2 is 2.21 bits per heavy atom. The summed E-state index contributed by atoms with van der Waals surface area (Å²) >= 11 is 9.20. The van der Waals surface area contributed by atoms with Gasteiger partial charge in [-0.3, -0.25) is 14.5 Å². The molecular weight excluding hydrogens is 338 g/mol. The van der Waals surface area contributed by atoms with E-state index in [1.54, 1.807) is 6.92 Å². The van der Waals surface area contributed by atoms with Crippen molar-refractivity contribution in [3.63, 3.8) is 0 Å². The number of piperazine rings is 1. The lowest BCUT2D eigenvalue weighted by atomic mass is 10.1. The van der Waals surface area contributed by atoms with Gasteiger partial charge >= 0.3 is 0 Å². The first kappa shape index (κ1) is 14.3. The Labute approximate surface area is 123 Å². The van der Waals surface area contributed by atoms with E-state index in [4.69, 9.17) is 11.6 Å². The summed E-state index contributed by atoms with van der Waals surface area (Å²) in [7, 11) is 0. The molecule has 0 aromatic heterocycles. The van der Waals surface area contributed by atoms with Gasteiger partial charge < -0.3 is 5.32 Å². The van der Waals surface area contributed by atoms with Crippen LogP contribution in [-0.2, 0) is 9.59 Å². The highest BCUT2D eigenvalue weighted by Gasteiger charge is 2.36. The Kier molecular flexibility index (Phi) is 4.10. The second-order valence-corrected chi connectivity index (χ2v) is 5.39. The highest BCUT2D eigenvalue weighted by atomic mass is 79.9. The maximum Gasteiger partial charge on any atom is 0.247 e. The third-order valence-electron chi connectivity index (χ3n) is 2.91. The highest BCUT2D eigenvalue weighted by molar-refractivity contribution is 9.10. The zero-order valence-corrected chi connectivity index (χ0v) is 12.4. The lowest BCUT2D eigenvalue weighted by molar-refractivity contribution is -0.131. The van der Waals surface area contributed by atoms with Crippen molar-refractivity contribution in [3.05, 3.63) is 27.4 Å². The van der Waals surface area contributed by atoms with Gasteiger partial charge in [0.05, 0.1) is 17.3 Å². The van der Waals surface area contributed by atoms with Crippen LogP contribution in [0.2, 0.25) is 5.02 Å². The van der Waals surface area contributed by atoms with Crippen molar-refractivity contribution in [2.45, 2.75) is 19.4 Å². The van der Waals surface area contributed by atoms with Gasteiger partial charge in [0, 0.05) is 4.47 Å². The van der Waals surface area contributed by atoms with Crippen molar-refractivity contribution in [2.24, 2.45) is 0 Å². The minimum absolute atomic E-state index is 0.0878.